The Labute approximate surface area is 544 Å². The number of carbonyl (C=O) groups excluding carboxylic acids is 2. The van der Waals surface area contributed by atoms with Gasteiger partial charge in [0.1, 0.15) is 117 Å². The number of hydrogen-bond donors (Lipinski definition) is 5. The zero-order chi connectivity index (χ0) is 65.3. The van der Waals surface area contributed by atoms with E-state index in [-0.39, 0.29) is 30.5 Å². The molecule has 21 nitrogen and oxygen atoms in total. The smallest absolute Gasteiger partial charge is 0.195 e. The highest BCUT2D eigenvalue weighted by Crippen LogP contribution is 2.48. The highest BCUT2D eigenvalue weighted by Gasteiger charge is 2.54. The summed E-state index contributed by atoms with van der Waals surface area (Å²) in [6, 6.07) is 36.6. The Hall–Kier alpha value is -10.7. The molecule has 1 aliphatic carbocycles. The third kappa shape index (κ3) is 10.6. The minimum absolute atomic E-state index is 0.0541. The maximum atomic E-state index is 15.2. The number of imidazole rings is 3. The van der Waals surface area contributed by atoms with E-state index in [2.05, 4.69) is 42.2 Å². The van der Waals surface area contributed by atoms with Crippen LogP contribution in [0.4, 0.5) is 17.2 Å². The fraction of sp³-hybridized carbons (Fsp3) is 0.315. The number of rotatable bonds is 21. The summed E-state index contributed by atoms with van der Waals surface area (Å²) in [6.45, 7) is 12.0. The maximum absolute atomic E-state index is 15.2. The van der Waals surface area contributed by atoms with Crippen LogP contribution in [0.2, 0.25) is 0 Å². The molecule has 0 bridgehead atoms. The summed E-state index contributed by atoms with van der Waals surface area (Å²) in [5.41, 5.74) is 8.11. The van der Waals surface area contributed by atoms with Crippen molar-refractivity contribution in [2.45, 2.75) is 90.5 Å². The van der Waals surface area contributed by atoms with Gasteiger partial charge in [0, 0.05) is 81.3 Å². The maximum Gasteiger partial charge on any atom is 0.195 e. The van der Waals surface area contributed by atoms with Crippen molar-refractivity contribution < 1.29 is 43.1 Å². The van der Waals surface area contributed by atoms with Crippen LogP contribution in [0.1, 0.15) is 88.3 Å². The van der Waals surface area contributed by atoms with Crippen LogP contribution in [0.25, 0.3) is 55.7 Å². The van der Waals surface area contributed by atoms with Crippen LogP contribution in [-0.2, 0) is 29.2 Å². The first-order chi connectivity index (χ1) is 45.5. The number of aromatic amines is 3. The number of Topliss-reactive ketones (excluding diaryl/α,β-unsaturated/α-hetero) is 2. The molecule has 1 atom stereocenters. The number of anilines is 3. The van der Waals surface area contributed by atoms with Crippen LogP contribution in [0, 0.1) is 5.92 Å². The normalized spacial score (nSPS) is 17.4. The predicted octanol–water partition coefficient (Wildman–Crippen LogP) is 12.8. The molecule has 6 aromatic carbocycles. The molecule has 0 radical (unpaired) electrons. The minimum atomic E-state index is -1.07. The molecule has 0 amide bonds. The molecule has 5 N–H and O–H groups in total. The lowest BCUT2D eigenvalue weighted by molar-refractivity contribution is -0.121. The van der Waals surface area contributed by atoms with Gasteiger partial charge in [0.25, 0.3) is 0 Å². The number of H-pyrrole nitrogens is 3. The quantitative estimate of drug-likeness (QED) is 0.0421. The Bertz CT molecular complexity index is 4670. The van der Waals surface area contributed by atoms with Gasteiger partial charge in [0.15, 0.2) is 11.6 Å². The second kappa shape index (κ2) is 24.1. The van der Waals surface area contributed by atoms with E-state index in [1.807, 2.05) is 160 Å². The number of ether oxygens (including phenoxy) is 6. The van der Waals surface area contributed by atoms with Gasteiger partial charge in [-0.05, 0) is 100 Å². The van der Waals surface area contributed by atoms with E-state index >= 15 is 4.79 Å². The fourth-order valence-electron chi connectivity index (χ4n) is 13.6. The number of benzene rings is 6. The lowest BCUT2D eigenvalue weighted by Crippen LogP contribution is -2.47. The van der Waals surface area contributed by atoms with Gasteiger partial charge in [-0.15, -0.1) is 0 Å². The number of ketones is 2. The molecule has 1 unspecified atom stereocenters. The van der Waals surface area contributed by atoms with Crippen LogP contribution in [-0.4, -0.2) is 128 Å². The standard InChI is InChI=1S/C73H76N12O9/c1-11-59-63(86)60(69(74-6)83(59)44-29-47(89-7)35-48(30-44)90-8)66-78-55-23-21-42(27-57(55)80-66)39-93-51-33-45(31-49(36-51)91-9)84-70(75-38-41-17-16-18-41)61(64(87)72(84,2)3)67-79-56-24-22-43(28-58(56)81-67)40-94-52-34-46(32-50(37-52)92-10)85-71(82-25-14-15-26-82)62(65(88)73(85,4)5)68-76-53-19-12-13-20-54(53)77-68/h12-15,19-24,27-37,41,61,74,86H,11,16-18,25-26,38-40H2,1-10H3,(H,76,77)(H,78,80)(H,79,81). The van der Waals surface area contributed by atoms with Crippen LogP contribution < -0.4 is 43.5 Å². The van der Waals surface area contributed by atoms with Gasteiger partial charge in [0.05, 0.1) is 84.3 Å². The molecule has 21 heteroatoms. The summed E-state index contributed by atoms with van der Waals surface area (Å²) in [4.78, 5) is 67.0. The van der Waals surface area contributed by atoms with Gasteiger partial charge in [-0.3, -0.25) is 19.1 Å². The summed E-state index contributed by atoms with van der Waals surface area (Å²) in [6.07, 6.45) is 8.06. The summed E-state index contributed by atoms with van der Waals surface area (Å²) >= 11 is 0. The topological polar surface area (TPSA) is 235 Å². The van der Waals surface area contributed by atoms with Gasteiger partial charge in [-0.1, -0.05) is 49.8 Å². The average molecular weight is 1270 g/mol. The molecule has 4 aromatic heterocycles. The molecule has 3 aliphatic heterocycles. The van der Waals surface area contributed by atoms with Crippen molar-refractivity contribution in [1.29, 1.82) is 0 Å². The summed E-state index contributed by atoms with van der Waals surface area (Å²) in [5, 5.41) is 15.2. The summed E-state index contributed by atoms with van der Waals surface area (Å²) in [7, 11) is 8.26. The number of aliphatic imine (C=N–C) groups is 1. The molecule has 482 valence electrons. The van der Waals surface area contributed by atoms with Crippen molar-refractivity contribution in [3.8, 4) is 57.3 Å². The molecule has 1 saturated carbocycles. The van der Waals surface area contributed by atoms with Crippen LogP contribution in [0.5, 0.6) is 40.2 Å². The molecular weight excluding hydrogens is 1190 g/mol. The Balaban J connectivity index is 0.725. The Kier molecular flexibility index (Phi) is 15.6. The highest BCUT2D eigenvalue weighted by atomic mass is 16.5. The number of aromatic nitrogens is 7. The second-order valence-corrected chi connectivity index (χ2v) is 25.3. The number of amidine groups is 1. The number of fused-ring (bicyclic) bond motifs is 3. The summed E-state index contributed by atoms with van der Waals surface area (Å²) < 4.78 is 38.2. The predicted molar refractivity (Wildman–Crippen MR) is 365 cm³/mol. The number of nitrogens with one attached hydrogen (secondary N) is 4. The van der Waals surface area contributed by atoms with Gasteiger partial charge in [-0.2, -0.15) is 0 Å². The van der Waals surface area contributed by atoms with E-state index in [0.29, 0.717) is 129 Å². The molecule has 7 heterocycles. The zero-order valence-corrected chi connectivity index (χ0v) is 54.4. The molecule has 94 heavy (non-hydrogen) atoms. The largest absolute Gasteiger partial charge is 0.505 e. The first-order valence-corrected chi connectivity index (χ1v) is 31.8. The SMILES string of the molecule is CCc1c(O)c(-c2nc3ccc(COc4cc(OC)cc(N5C(=NCC6CCC6)C(c6nc7ccc(COc8cc(OC)cc(N9C(N%10CC=CC%10)=C(c%10nc%11ccccc%11[nH]%10)C(=O)C9(C)C)c8)cc7[nH]6)C(=O)C5(C)C)c4)cc3[nH]2)c(NC)n1-c1cc(OC)cc(OC)c1. The van der Waals surface area contributed by atoms with E-state index in [0.717, 1.165) is 69.7 Å². The third-order valence-electron chi connectivity index (χ3n) is 18.7. The number of aromatic hydroxyl groups is 1. The fourth-order valence-corrected chi connectivity index (χ4v) is 13.6. The van der Waals surface area contributed by atoms with Crippen molar-refractivity contribution in [1.82, 2.24) is 39.4 Å². The minimum Gasteiger partial charge on any atom is -0.505 e. The molecule has 10 aromatic rings. The average Bonchev–Trinajstić information content (AvgIpc) is 1.58. The van der Waals surface area contributed by atoms with Gasteiger partial charge in [0.2, 0.25) is 0 Å². The van der Waals surface area contributed by atoms with Gasteiger partial charge < -0.3 is 68.5 Å². The van der Waals surface area contributed by atoms with Gasteiger partial charge in [-0.25, -0.2) is 15.0 Å². The van der Waals surface area contributed by atoms with Gasteiger partial charge >= 0.3 is 0 Å². The van der Waals surface area contributed by atoms with Crippen molar-refractivity contribution >= 4 is 73.3 Å². The van der Waals surface area contributed by atoms with Crippen molar-refractivity contribution in [3.63, 3.8) is 0 Å². The lowest BCUT2D eigenvalue weighted by Gasteiger charge is -2.38. The Morgan fingerprint density at radius 2 is 1.17 bits per heavy atom. The van der Waals surface area contributed by atoms with Crippen molar-refractivity contribution in [3.05, 3.63) is 162 Å². The number of nitrogens with zero attached hydrogens (tertiary/aromatic N) is 8. The molecular formula is C73H76N12O9. The summed E-state index contributed by atoms with van der Waals surface area (Å²) in [5.74, 6) is 6.53. The first-order valence-electron chi connectivity index (χ1n) is 31.8. The Morgan fingerprint density at radius 3 is 1.76 bits per heavy atom. The van der Waals surface area contributed by atoms with E-state index in [1.54, 1.807) is 34.5 Å². The molecule has 14 rings (SSSR count). The van der Waals surface area contributed by atoms with Crippen molar-refractivity contribution in [2.75, 3.05) is 70.2 Å². The molecule has 4 aliphatic rings. The van der Waals surface area contributed by atoms with E-state index in [1.165, 1.54) is 0 Å². The first kappa shape index (κ1) is 60.8. The Morgan fingerprint density at radius 1 is 0.628 bits per heavy atom. The second-order valence-electron chi connectivity index (χ2n) is 25.3. The van der Waals surface area contributed by atoms with Crippen LogP contribution >= 0.6 is 0 Å². The van der Waals surface area contributed by atoms with E-state index in [4.69, 9.17) is 48.4 Å². The molecule has 0 spiro atoms. The highest BCUT2D eigenvalue weighted by molar-refractivity contribution is 6.30. The molecule has 2 fully saturated rings. The zero-order valence-electron chi connectivity index (χ0n) is 54.4. The van der Waals surface area contributed by atoms with E-state index < -0.39 is 17.0 Å². The number of hydrogen-bond acceptors (Lipinski definition) is 16. The lowest BCUT2D eigenvalue weighted by atomic mass is 9.85. The van der Waals surface area contributed by atoms with E-state index in [9.17, 15) is 9.90 Å². The molecule has 1 saturated heterocycles. The van der Waals surface area contributed by atoms with Crippen molar-refractivity contribution in [2.24, 2.45) is 10.9 Å². The number of carbonyl (C=O) groups is 2. The monoisotopic (exact) mass is 1260 g/mol. The number of para-hydroxylation sites is 2. The number of methoxy groups -OCH3 is 4. The van der Waals surface area contributed by atoms with Crippen LogP contribution in [0.15, 0.2) is 138 Å². The third-order valence-corrected chi connectivity index (χ3v) is 18.7. The van der Waals surface area contributed by atoms with Crippen LogP contribution in [0.3, 0.4) is 0 Å².